The minimum atomic E-state index is -1.26. The smallest absolute Gasteiger partial charge is 0.375 e. The van der Waals surface area contributed by atoms with Crippen molar-refractivity contribution in [3.8, 4) is 23.1 Å². The highest BCUT2D eigenvalue weighted by Gasteiger charge is 2.19. The largest absolute Gasteiger partial charge is 0.481 e. The zero-order valence-corrected chi connectivity index (χ0v) is 12.4. The summed E-state index contributed by atoms with van der Waals surface area (Å²) < 4.78 is 6.33. The number of methoxy groups -OCH3 is 1. The Labute approximate surface area is 136 Å². The van der Waals surface area contributed by atoms with Crippen molar-refractivity contribution in [1.82, 2.24) is 24.7 Å². The van der Waals surface area contributed by atoms with Gasteiger partial charge >= 0.3 is 5.97 Å². The van der Waals surface area contributed by atoms with Gasteiger partial charge in [0.25, 0.3) is 5.82 Å². The molecule has 0 aliphatic carbocycles. The molecule has 0 atom stereocenters. The third kappa shape index (κ3) is 2.76. The molecule has 1 N–H and O–H groups in total. The molecule has 9 nitrogen and oxygen atoms in total. The second kappa shape index (κ2) is 6.13. The topological polar surface area (TPSA) is 107 Å². The van der Waals surface area contributed by atoms with Crippen LogP contribution in [0.1, 0.15) is 10.6 Å². The summed E-state index contributed by atoms with van der Waals surface area (Å²) in [4.78, 5) is 26.7. The number of carbonyl (C=O) groups is 1. The van der Waals surface area contributed by atoms with Crippen LogP contribution in [0, 0.1) is 6.57 Å². The Morgan fingerprint density at radius 2 is 2.08 bits per heavy atom. The van der Waals surface area contributed by atoms with E-state index in [1.807, 2.05) is 0 Å². The molecule has 0 radical (unpaired) electrons. The van der Waals surface area contributed by atoms with Crippen molar-refractivity contribution in [2.45, 2.75) is 0 Å². The lowest BCUT2D eigenvalue weighted by atomic mass is 10.3. The molecule has 0 aliphatic heterocycles. The second-order valence-electron chi connectivity index (χ2n) is 4.55. The van der Waals surface area contributed by atoms with Gasteiger partial charge in [0.05, 0.1) is 25.6 Å². The van der Waals surface area contributed by atoms with Crippen LogP contribution >= 0.6 is 0 Å². The van der Waals surface area contributed by atoms with Crippen molar-refractivity contribution in [3.63, 3.8) is 0 Å². The fourth-order valence-electron chi connectivity index (χ4n) is 1.95. The summed E-state index contributed by atoms with van der Waals surface area (Å²) in [7, 11) is 1.49. The van der Waals surface area contributed by atoms with E-state index in [0.29, 0.717) is 22.9 Å². The van der Waals surface area contributed by atoms with E-state index in [1.165, 1.54) is 24.2 Å². The van der Waals surface area contributed by atoms with E-state index < -0.39 is 5.97 Å². The molecule has 0 saturated heterocycles. The standard InChI is InChI=1S/C15H10N6O3/c1-16-9-3-5-11(17-7-9)14-19-13(15(22)23)20-21(14)10-4-6-12(24-2)18-8-10/h3-8H,2H3,(H,22,23). The van der Waals surface area contributed by atoms with Gasteiger partial charge in [0.1, 0.15) is 5.69 Å². The average Bonchev–Trinajstić information content (AvgIpc) is 3.07. The Morgan fingerprint density at radius 3 is 2.62 bits per heavy atom. The number of carboxylic acids is 1. The molecule has 3 aromatic heterocycles. The zero-order chi connectivity index (χ0) is 17.1. The first-order chi connectivity index (χ1) is 11.6. The first-order valence-corrected chi connectivity index (χ1v) is 6.67. The van der Waals surface area contributed by atoms with Gasteiger partial charge in [0, 0.05) is 12.3 Å². The maximum atomic E-state index is 11.2. The monoisotopic (exact) mass is 322 g/mol. The molecular weight excluding hydrogens is 312 g/mol. The van der Waals surface area contributed by atoms with Gasteiger partial charge in [-0.2, -0.15) is 4.98 Å². The minimum absolute atomic E-state index is 0.232. The number of aromatic nitrogens is 5. The molecule has 0 aliphatic rings. The molecule has 9 heteroatoms. The number of carboxylic acid groups (broad SMARTS) is 1. The molecule has 0 amide bonds. The van der Waals surface area contributed by atoms with E-state index in [1.54, 1.807) is 24.3 Å². The molecule has 0 aromatic carbocycles. The van der Waals surface area contributed by atoms with Crippen molar-refractivity contribution in [2.24, 2.45) is 0 Å². The summed E-state index contributed by atoms with van der Waals surface area (Å²) >= 11 is 0. The van der Waals surface area contributed by atoms with Crippen LogP contribution in [-0.4, -0.2) is 42.9 Å². The van der Waals surface area contributed by atoms with Crippen LogP contribution in [0.15, 0.2) is 36.7 Å². The summed E-state index contributed by atoms with van der Waals surface area (Å²) in [6.45, 7) is 6.95. The predicted octanol–water partition coefficient (Wildman–Crippen LogP) is 1.98. The summed E-state index contributed by atoms with van der Waals surface area (Å²) in [5.74, 6) is -0.972. The fraction of sp³-hybridized carbons (Fsp3) is 0.0667. The molecule has 0 saturated carbocycles. The highest BCUT2D eigenvalue weighted by molar-refractivity contribution is 5.83. The van der Waals surface area contributed by atoms with E-state index in [9.17, 15) is 4.79 Å². The van der Waals surface area contributed by atoms with Crippen molar-refractivity contribution in [1.29, 1.82) is 0 Å². The van der Waals surface area contributed by atoms with E-state index in [4.69, 9.17) is 16.4 Å². The van der Waals surface area contributed by atoms with Gasteiger partial charge in [-0.05, 0) is 12.1 Å². The first kappa shape index (κ1) is 15.1. The van der Waals surface area contributed by atoms with Crippen LogP contribution in [0.2, 0.25) is 0 Å². The Balaban J connectivity index is 2.13. The Bertz CT molecular complexity index is 925. The second-order valence-corrected chi connectivity index (χ2v) is 4.55. The van der Waals surface area contributed by atoms with Crippen LogP contribution in [-0.2, 0) is 0 Å². The third-order valence-electron chi connectivity index (χ3n) is 3.08. The van der Waals surface area contributed by atoms with E-state index in [0.717, 1.165) is 0 Å². The van der Waals surface area contributed by atoms with Gasteiger partial charge in [0.2, 0.25) is 11.6 Å². The fourth-order valence-corrected chi connectivity index (χ4v) is 1.95. The van der Waals surface area contributed by atoms with Gasteiger partial charge in [-0.25, -0.2) is 19.3 Å². The Kier molecular flexibility index (Phi) is 3.86. The van der Waals surface area contributed by atoms with Gasteiger partial charge in [0.15, 0.2) is 5.82 Å². The molecule has 0 bridgehead atoms. The highest BCUT2D eigenvalue weighted by atomic mass is 16.5. The molecule has 24 heavy (non-hydrogen) atoms. The lowest BCUT2D eigenvalue weighted by Gasteiger charge is -2.06. The Morgan fingerprint density at radius 1 is 1.25 bits per heavy atom. The van der Waals surface area contributed by atoms with Crippen LogP contribution in [0.25, 0.3) is 22.1 Å². The van der Waals surface area contributed by atoms with E-state index in [2.05, 4.69) is 24.9 Å². The van der Waals surface area contributed by atoms with Crippen molar-refractivity contribution >= 4 is 11.7 Å². The normalized spacial score (nSPS) is 10.2. The molecule has 3 heterocycles. The van der Waals surface area contributed by atoms with Gasteiger partial charge in [-0.15, -0.1) is 5.10 Å². The summed E-state index contributed by atoms with van der Waals surface area (Å²) in [5.41, 5.74) is 1.26. The first-order valence-electron chi connectivity index (χ1n) is 6.67. The average molecular weight is 322 g/mol. The molecule has 0 fully saturated rings. The number of ether oxygens (including phenoxy) is 1. The van der Waals surface area contributed by atoms with Gasteiger partial charge in [-0.3, -0.25) is 4.98 Å². The lowest BCUT2D eigenvalue weighted by molar-refractivity contribution is 0.0683. The van der Waals surface area contributed by atoms with Crippen LogP contribution in [0.3, 0.4) is 0 Å². The number of hydrogen-bond acceptors (Lipinski definition) is 6. The zero-order valence-electron chi connectivity index (χ0n) is 12.4. The predicted molar refractivity (Wildman–Crippen MR) is 82.2 cm³/mol. The molecule has 3 rings (SSSR count). The third-order valence-corrected chi connectivity index (χ3v) is 3.08. The Hall–Kier alpha value is -3.80. The van der Waals surface area contributed by atoms with E-state index in [-0.39, 0.29) is 11.6 Å². The van der Waals surface area contributed by atoms with Crippen LogP contribution in [0.5, 0.6) is 5.88 Å². The molecular formula is C15H10N6O3. The SMILES string of the molecule is [C-]#[N+]c1ccc(-c2nc(C(=O)O)nn2-c2ccc(OC)nc2)nc1. The maximum Gasteiger partial charge on any atom is 0.375 e. The minimum Gasteiger partial charge on any atom is -0.481 e. The summed E-state index contributed by atoms with van der Waals surface area (Å²) in [6.07, 6.45) is 2.87. The van der Waals surface area contributed by atoms with E-state index >= 15 is 0 Å². The maximum absolute atomic E-state index is 11.2. The van der Waals surface area contributed by atoms with Crippen LogP contribution < -0.4 is 4.74 Å². The van der Waals surface area contributed by atoms with Crippen LogP contribution in [0.4, 0.5) is 5.69 Å². The molecule has 0 spiro atoms. The lowest BCUT2D eigenvalue weighted by Crippen LogP contribution is -2.03. The summed E-state index contributed by atoms with van der Waals surface area (Å²) in [5, 5.41) is 13.1. The summed E-state index contributed by atoms with van der Waals surface area (Å²) in [6, 6.07) is 6.44. The molecule has 0 unspecified atom stereocenters. The number of rotatable bonds is 4. The highest BCUT2D eigenvalue weighted by Crippen LogP contribution is 2.22. The number of aromatic carboxylic acids is 1. The molecule has 118 valence electrons. The van der Waals surface area contributed by atoms with Crippen molar-refractivity contribution < 1.29 is 14.6 Å². The van der Waals surface area contributed by atoms with Crippen molar-refractivity contribution in [3.05, 3.63) is 53.9 Å². The quantitative estimate of drug-likeness (QED) is 0.732. The van der Waals surface area contributed by atoms with Gasteiger partial charge < -0.3 is 9.84 Å². The van der Waals surface area contributed by atoms with Crippen molar-refractivity contribution in [2.75, 3.05) is 7.11 Å². The number of nitrogens with zero attached hydrogens (tertiary/aromatic N) is 6. The molecule has 3 aromatic rings. The number of pyridine rings is 2. The van der Waals surface area contributed by atoms with Gasteiger partial charge in [-0.1, -0.05) is 6.07 Å². The number of hydrogen-bond donors (Lipinski definition) is 1.